The topological polar surface area (TPSA) is 65.2 Å². The van der Waals surface area contributed by atoms with Gasteiger partial charge in [0.2, 0.25) is 5.56 Å². The van der Waals surface area contributed by atoms with Crippen LogP contribution in [0.5, 0.6) is 0 Å². The van der Waals surface area contributed by atoms with Gasteiger partial charge in [0.25, 0.3) is 5.91 Å². The number of amides is 1. The van der Waals surface area contributed by atoms with Gasteiger partial charge in [-0.1, -0.05) is 0 Å². The molecule has 2 heterocycles. The Kier molecular flexibility index (Phi) is 3.94. The predicted molar refractivity (Wildman–Crippen MR) is 82.5 cm³/mol. The molecule has 3 rings (SSSR count). The molecule has 6 heteroatoms. The maximum Gasteiger partial charge on any atom is 0.254 e. The largest absolute Gasteiger partial charge is 0.339 e. The lowest BCUT2D eigenvalue weighted by molar-refractivity contribution is 0.0705. The van der Waals surface area contributed by atoms with Gasteiger partial charge in [0.1, 0.15) is 5.82 Å². The lowest BCUT2D eigenvalue weighted by Crippen LogP contribution is -2.44. The van der Waals surface area contributed by atoms with E-state index in [4.69, 9.17) is 0 Å². The highest BCUT2D eigenvalue weighted by molar-refractivity contribution is 6.05. The van der Waals surface area contributed by atoms with Crippen LogP contribution in [-0.2, 0) is 0 Å². The second kappa shape index (κ2) is 5.88. The zero-order valence-corrected chi connectivity index (χ0v) is 12.4. The molecule has 5 nitrogen and oxygen atoms in total. The fraction of sp³-hybridized carbons (Fsp3) is 0.375. The Morgan fingerprint density at radius 2 is 2.00 bits per heavy atom. The Bertz CT molecular complexity index is 766. The second-order valence-corrected chi connectivity index (χ2v) is 5.63. The van der Waals surface area contributed by atoms with E-state index in [9.17, 15) is 14.0 Å². The van der Waals surface area contributed by atoms with Crippen LogP contribution in [0.2, 0.25) is 0 Å². The third-order valence-corrected chi connectivity index (χ3v) is 4.21. The first kappa shape index (κ1) is 14.7. The normalized spacial score (nSPS) is 15.9. The van der Waals surface area contributed by atoms with Crippen molar-refractivity contribution in [3.8, 4) is 0 Å². The summed E-state index contributed by atoms with van der Waals surface area (Å²) < 4.78 is 13.3. The number of nitrogens with zero attached hydrogens (tertiary/aromatic N) is 1. The minimum Gasteiger partial charge on any atom is -0.339 e. The molecule has 2 aromatic rings. The SMILES string of the molecule is CN(C(=O)c1cc(=O)[nH]c2cc(F)ccc12)C1CCNCC1. The number of hydrogen-bond donors (Lipinski definition) is 2. The zero-order valence-electron chi connectivity index (χ0n) is 12.4. The van der Waals surface area contributed by atoms with Crippen LogP contribution < -0.4 is 10.9 Å². The van der Waals surface area contributed by atoms with E-state index in [1.54, 1.807) is 11.9 Å². The minimum atomic E-state index is -0.445. The maximum absolute atomic E-state index is 13.3. The van der Waals surface area contributed by atoms with Crippen LogP contribution in [0.25, 0.3) is 10.9 Å². The van der Waals surface area contributed by atoms with Crippen LogP contribution in [0.3, 0.4) is 0 Å². The van der Waals surface area contributed by atoms with Crippen molar-refractivity contribution in [2.45, 2.75) is 18.9 Å². The first-order chi connectivity index (χ1) is 10.6. The summed E-state index contributed by atoms with van der Waals surface area (Å²) in [5.74, 6) is -0.644. The number of H-pyrrole nitrogens is 1. The highest BCUT2D eigenvalue weighted by Gasteiger charge is 2.24. The second-order valence-electron chi connectivity index (χ2n) is 5.63. The van der Waals surface area contributed by atoms with Crippen LogP contribution in [0, 0.1) is 5.82 Å². The number of halogens is 1. The van der Waals surface area contributed by atoms with Gasteiger partial charge in [-0.3, -0.25) is 9.59 Å². The molecule has 1 fully saturated rings. The van der Waals surface area contributed by atoms with Crippen molar-refractivity contribution in [2.75, 3.05) is 20.1 Å². The third kappa shape index (κ3) is 2.74. The van der Waals surface area contributed by atoms with Crippen molar-refractivity contribution in [1.29, 1.82) is 0 Å². The monoisotopic (exact) mass is 303 g/mol. The number of hydrogen-bond acceptors (Lipinski definition) is 3. The number of nitrogens with one attached hydrogen (secondary N) is 2. The first-order valence-corrected chi connectivity index (χ1v) is 7.37. The molecule has 1 aromatic heterocycles. The van der Waals surface area contributed by atoms with E-state index in [0.717, 1.165) is 25.9 Å². The molecule has 1 aliphatic heterocycles. The van der Waals surface area contributed by atoms with Gasteiger partial charge in [-0.2, -0.15) is 0 Å². The van der Waals surface area contributed by atoms with E-state index in [1.807, 2.05) is 0 Å². The lowest BCUT2D eigenvalue weighted by Gasteiger charge is -2.31. The fourth-order valence-corrected chi connectivity index (χ4v) is 2.96. The number of carbonyl (C=O) groups is 1. The Morgan fingerprint density at radius 1 is 1.27 bits per heavy atom. The van der Waals surface area contributed by atoms with Gasteiger partial charge in [-0.05, 0) is 44.1 Å². The van der Waals surface area contributed by atoms with E-state index < -0.39 is 11.4 Å². The summed E-state index contributed by atoms with van der Waals surface area (Å²) >= 11 is 0. The molecule has 1 saturated heterocycles. The number of rotatable bonds is 2. The molecule has 0 radical (unpaired) electrons. The average molecular weight is 303 g/mol. The van der Waals surface area contributed by atoms with Crippen molar-refractivity contribution in [3.05, 3.63) is 46.0 Å². The van der Waals surface area contributed by atoms with Crippen LogP contribution in [0.15, 0.2) is 29.1 Å². The van der Waals surface area contributed by atoms with E-state index in [2.05, 4.69) is 10.3 Å². The Hall–Kier alpha value is -2.21. The van der Waals surface area contributed by atoms with Crippen molar-refractivity contribution in [3.63, 3.8) is 0 Å². The Morgan fingerprint density at radius 3 is 2.73 bits per heavy atom. The minimum absolute atomic E-state index is 0.156. The van der Waals surface area contributed by atoms with Gasteiger partial charge in [0.15, 0.2) is 0 Å². The smallest absolute Gasteiger partial charge is 0.254 e. The lowest BCUT2D eigenvalue weighted by atomic mass is 10.0. The van der Waals surface area contributed by atoms with Crippen LogP contribution in [0.1, 0.15) is 23.2 Å². The predicted octanol–water partition coefficient (Wildman–Crippen LogP) is 1.49. The molecule has 0 aliphatic carbocycles. The highest BCUT2D eigenvalue weighted by Crippen LogP contribution is 2.20. The molecule has 22 heavy (non-hydrogen) atoms. The van der Waals surface area contributed by atoms with E-state index in [0.29, 0.717) is 16.5 Å². The molecule has 1 aliphatic rings. The molecule has 0 bridgehead atoms. The van der Waals surface area contributed by atoms with E-state index in [-0.39, 0.29) is 11.9 Å². The molecule has 0 saturated carbocycles. The Labute approximate surface area is 127 Å². The molecule has 1 amide bonds. The number of carbonyl (C=O) groups excluding carboxylic acids is 1. The summed E-state index contributed by atoms with van der Waals surface area (Å²) in [6.45, 7) is 1.76. The molecule has 116 valence electrons. The average Bonchev–Trinajstić information content (AvgIpc) is 2.53. The molecular formula is C16H18FN3O2. The van der Waals surface area contributed by atoms with Crippen molar-refractivity contribution >= 4 is 16.8 Å². The van der Waals surface area contributed by atoms with E-state index >= 15 is 0 Å². The summed E-state index contributed by atoms with van der Waals surface area (Å²) in [5, 5.41) is 3.82. The number of fused-ring (bicyclic) bond motifs is 1. The summed E-state index contributed by atoms with van der Waals surface area (Å²) in [7, 11) is 1.76. The summed E-state index contributed by atoms with van der Waals surface area (Å²) in [4.78, 5) is 28.8. The number of aromatic nitrogens is 1. The fourth-order valence-electron chi connectivity index (χ4n) is 2.96. The van der Waals surface area contributed by atoms with Gasteiger partial charge < -0.3 is 15.2 Å². The molecule has 0 atom stereocenters. The summed E-state index contributed by atoms with van der Waals surface area (Å²) in [6, 6.07) is 5.51. The van der Waals surface area contributed by atoms with Crippen molar-refractivity contribution < 1.29 is 9.18 Å². The summed E-state index contributed by atoms with van der Waals surface area (Å²) in [6.07, 6.45) is 1.77. The number of piperidine rings is 1. The van der Waals surface area contributed by atoms with E-state index in [1.165, 1.54) is 24.3 Å². The molecule has 0 unspecified atom stereocenters. The first-order valence-electron chi connectivity index (χ1n) is 7.37. The van der Waals surface area contributed by atoms with Gasteiger partial charge in [-0.25, -0.2) is 4.39 Å². The highest BCUT2D eigenvalue weighted by atomic mass is 19.1. The molecule has 2 N–H and O–H groups in total. The number of aromatic amines is 1. The van der Waals surface area contributed by atoms with Crippen molar-refractivity contribution in [2.24, 2.45) is 0 Å². The Balaban J connectivity index is 2.01. The number of pyridine rings is 1. The van der Waals surface area contributed by atoms with Gasteiger partial charge in [-0.15, -0.1) is 0 Å². The zero-order chi connectivity index (χ0) is 15.7. The van der Waals surface area contributed by atoms with Crippen LogP contribution in [-0.4, -0.2) is 42.0 Å². The molecule has 1 aromatic carbocycles. The standard InChI is InChI=1S/C16H18FN3O2/c1-20(11-4-6-18-7-5-11)16(22)13-9-15(21)19-14-8-10(17)2-3-12(13)14/h2-3,8-9,11,18H,4-7H2,1H3,(H,19,21). The van der Waals surface area contributed by atoms with Gasteiger partial charge >= 0.3 is 0 Å². The van der Waals surface area contributed by atoms with Crippen molar-refractivity contribution in [1.82, 2.24) is 15.2 Å². The molecule has 0 spiro atoms. The quantitative estimate of drug-likeness (QED) is 0.883. The number of benzene rings is 1. The summed E-state index contributed by atoms with van der Waals surface area (Å²) in [5.41, 5.74) is 0.259. The third-order valence-electron chi connectivity index (χ3n) is 4.21. The molecular weight excluding hydrogens is 285 g/mol. The van der Waals surface area contributed by atoms with Gasteiger partial charge in [0.05, 0.1) is 11.1 Å². The van der Waals surface area contributed by atoms with Crippen LogP contribution >= 0.6 is 0 Å². The van der Waals surface area contributed by atoms with Crippen LogP contribution in [0.4, 0.5) is 4.39 Å². The maximum atomic E-state index is 13.3. The van der Waals surface area contributed by atoms with Gasteiger partial charge in [0, 0.05) is 24.5 Å².